The van der Waals surface area contributed by atoms with Crippen molar-refractivity contribution in [1.82, 2.24) is 15.6 Å². The summed E-state index contributed by atoms with van der Waals surface area (Å²) in [6.45, 7) is 12.9. The summed E-state index contributed by atoms with van der Waals surface area (Å²) in [5.74, 6) is 0.734. The van der Waals surface area contributed by atoms with Gasteiger partial charge in [-0.3, -0.25) is 0 Å². The van der Waals surface area contributed by atoms with Gasteiger partial charge in [-0.05, 0) is 69.7 Å². The van der Waals surface area contributed by atoms with Crippen LogP contribution in [0.5, 0.6) is 5.88 Å². The van der Waals surface area contributed by atoms with E-state index in [1.54, 1.807) is 0 Å². The zero-order valence-electron chi connectivity index (χ0n) is 20.8. The van der Waals surface area contributed by atoms with Crippen molar-refractivity contribution in [1.29, 1.82) is 0 Å². The predicted octanol–water partition coefficient (Wildman–Crippen LogP) is 6.96. The first-order valence-electron chi connectivity index (χ1n) is 12.1. The van der Waals surface area contributed by atoms with Crippen molar-refractivity contribution in [3.8, 4) is 18.7 Å². The molecule has 0 aromatic carbocycles. The van der Waals surface area contributed by atoms with Crippen LogP contribution < -0.4 is 15.4 Å². The quantitative estimate of drug-likeness (QED) is 0.212. The van der Waals surface area contributed by atoms with Gasteiger partial charge in [-0.1, -0.05) is 57.9 Å². The van der Waals surface area contributed by atoms with Crippen LogP contribution in [0.4, 0.5) is 0 Å². The molecule has 32 heavy (non-hydrogen) atoms. The SMILES string of the molecule is C#C.C/C=C(Cl)\C(NCc1ccc(OC2CCCCC2)nc1)=C(/CC)CCNCC.CC. The lowest BCUT2D eigenvalue weighted by Crippen LogP contribution is -2.20. The van der Waals surface area contributed by atoms with E-state index in [1.165, 1.54) is 24.8 Å². The van der Waals surface area contributed by atoms with Crippen molar-refractivity contribution in [3.63, 3.8) is 0 Å². The number of hydrogen-bond acceptors (Lipinski definition) is 4. The Morgan fingerprint density at radius 2 is 1.88 bits per heavy atom. The fraction of sp³-hybridized carbons (Fsp3) is 0.593. The van der Waals surface area contributed by atoms with Crippen LogP contribution in [0, 0.1) is 12.8 Å². The van der Waals surface area contributed by atoms with E-state index in [2.05, 4.69) is 48.4 Å². The minimum Gasteiger partial charge on any atom is -0.474 e. The Labute approximate surface area is 202 Å². The van der Waals surface area contributed by atoms with Crippen LogP contribution in [-0.2, 0) is 6.54 Å². The highest BCUT2D eigenvalue weighted by atomic mass is 35.5. The molecule has 0 bridgehead atoms. The number of allylic oxidation sites excluding steroid dienone is 2. The smallest absolute Gasteiger partial charge is 0.213 e. The van der Waals surface area contributed by atoms with E-state index in [0.29, 0.717) is 12.6 Å². The minimum absolute atomic E-state index is 0.331. The highest BCUT2D eigenvalue weighted by Crippen LogP contribution is 2.23. The van der Waals surface area contributed by atoms with E-state index in [0.717, 1.165) is 60.9 Å². The van der Waals surface area contributed by atoms with Gasteiger partial charge >= 0.3 is 0 Å². The van der Waals surface area contributed by atoms with Crippen LogP contribution in [0.15, 0.2) is 40.7 Å². The van der Waals surface area contributed by atoms with E-state index in [9.17, 15) is 0 Å². The molecule has 1 heterocycles. The van der Waals surface area contributed by atoms with Gasteiger partial charge in [0.05, 0.1) is 10.7 Å². The molecule has 1 saturated carbocycles. The molecular weight excluding hydrogens is 418 g/mol. The summed E-state index contributed by atoms with van der Waals surface area (Å²) in [4.78, 5) is 4.51. The van der Waals surface area contributed by atoms with Gasteiger partial charge in [0.15, 0.2) is 0 Å². The molecule has 0 saturated heterocycles. The van der Waals surface area contributed by atoms with Crippen molar-refractivity contribution in [2.75, 3.05) is 13.1 Å². The maximum atomic E-state index is 6.50. The van der Waals surface area contributed by atoms with Crippen LogP contribution in [0.25, 0.3) is 0 Å². The van der Waals surface area contributed by atoms with Crippen LogP contribution in [0.1, 0.15) is 85.1 Å². The molecule has 0 aliphatic heterocycles. The minimum atomic E-state index is 0.331. The second-order valence-electron chi connectivity index (χ2n) is 7.31. The maximum absolute atomic E-state index is 6.50. The Morgan fingerprint density at radius 3 is 2.41 bits per heavy atom. The second-order valence-corrected chi connectivity index (χ2v) is 7.72. The zero-order valence-corrected chi connectivity index (χ0v) is 21.6. The average Bonchev–Trinajstić information content (AvgIpc) is 2.86. The molecule has 1 aliphatic carbocycles. The molecule has 0 atom stereocenters. The Kier molecular flexibility index (Phi) is 18.5. The number of nitrogens with one attached hydrogen (secondary N) is 2. The molecule has 1 aromatic rings. The summed E-state index contributed by atoms with van der Waals surface area (Å²) in [7, 11) is 0. The summed E-state index contributed by atoms with van der Waals surface area (Å²) < 4.78 is 6.02. The van der Waals surface area contributed by atoms with E-state index in [1.807, 2.05) is 39.1 Å². The van der Waals surface area contributed by atoms with Crippen LogP contribution in [-0.4, -0.2) is 24.2 Å². The van der Waals surface area contributed by atoms with Gasteiger partial charge in [-0.15, -0.1) is 12.8 Å². The number of pyridine rings is 1. The first-order chi connectivity index (χ1) is 15.7. The Balaban J connectivity index is 0.00000227. The third-order valence-corrected chi connectivity index (χ3v) is 5.64. The average molecular weight is 462 g/mol. The van der Waals surface area contributed by atoms with Crippen LogP contribution in [0.2, 0.25) is 0 Å². The van der Waals surface area contributed by atoms with E-state index in [-0.39, 0.29) is 0 Å². The molecule has 180 valence electrons. The molecule has 1 fully saturated rings. The Bertz CT molecular complexity index is 674. The normalized spacial score (nSPS) is 14.8. The fourth-order valence-corrected chi connectivity index (χ4v) is 3.75. The lowest BCUT2D eigenvalue weighted by atomic mass is 9.98. The number of rotatable bonds is 11. The summed E-state index contributed by atoms with van der Waals surface area (Å²) in [5.41, 5.74) is 3.51. The maximum Gasteiger partial charge on any atom is 0.213 e. The first-order valence-corrected chi connectivity index (χ1v) is 12.5. The van der Waals surface area contributed by atoms with Gasteiger partial charge in [0, 0.05) is 18.8 Å². The zero-order chi connectivity index (χ0) is 24.2. The molecule has 0 radical (unpaired) electrons. The molecule has 4 nitrogen and oxygen atoms in total. The third kappa shape index (κ3) is 11.6. The molecule has 5 heteroatoms. The van der Waals surface area contributed by atoms with Crippen molar-refractivity contribution >= 4 is 11.6 Å². The molecule has 1 aromatic heterocycles. The van der Waals surface area contributed by atoms with E-state index < -0.39 is 0 Å². The van der Waals surface area contributed by atoms with Gasteiger partial charge < -0.3 is 15.4 Å². The number of nitrogens with zero attached hydrogens (tertiary/aromatic N) is 1. The van der Waals surface area contributed by atoms with Gasteiger partial charge in [0.2, 0.25) is 5.88 Å². The predicted molar refractivity (Wildman–Crippen MR) is 140 cm³/mol. The summed E-state index contributed by atoms with van der Waals surface area (Å²) in [5, 5.41) is 7.70. The molecular formula is C27H44ClN3O. The van der Waals surface area contributed by atoms with Gasteiger partial charge in [0.25, 0.3) is 0 Å². The largest absolute Gasteiger partial charge is 0.474 e. The Morgan fingerprint density at radius 1 is 1.19 bits per heavy atom. The topological polar surface area (TPSA) is 46.2 Å². The number of hydrogen-bond donors (Lipinski definition) is 2. The number of aromatic nitrogens is 1. The van der Waals surface area contributed by atoms with Crippen molar-refractivity contribution < 1.29 is 4.74 Å². The molecule has 2 N–H and O–H groups in total. The van der Waals surface area contributed by atoms with Crippen molar-refractivity contribution in [3.05, 3.63) is 46.3 Å². The summed E-state index contributed by atoms with van der Waals surface area (Å²) in [6.07, 6.45) is 20.3. The van der Waals surface area contributed by atoms with Gasteiger partial charge in [0.1, 0.15) is 6.10 Å². The molecule has 1 aliphatic rings. The monoisotopic (exact) mass is 461 g/mol. The van der Waals surface area contributed by atoms with Crippen LogP contribution in [0.3, 0.4) is 0 Å². The second kappa shape index (κ2) is 19.7. The Hall–Kier alpha value is -1.96. The highest BCUT2D eigenvalue weighted by molar-refractivity contribution is 6.31. The van der Waals surface area contributed by atoms with Crippen molar-refractivity contribution in [2.45, 2.75) is 92.2 Å². The van der Waals surface area contributed by atoms with Crippen LogP contribution >= 0.6 is 11.6 Å². The summed E-state index contributed by atoms with van der Waals surface area (Å²) in [6, 6.07) is 4.07. The molecule has 0 spiro atoms. The van der Waals surface area contributed by atoms with Gasteiger partial charge in [-0.2, -0.15) is 0 Å². The number of terminal acetylenes is 1. The molecule has 0 amide bonds. The highest BCUT2D eigenvalue weighted by Gasteiger charge is 2.15. The van der Waals surface area contributed by atoms with E-state index in [4.69, 9.17) is 16.3 Å². The van der Waals surface area contributed by atoms with Gasteiger partial charge in [-0.25, -0.2) is 4.98 Å². The third-order valence-electron chi connectivity index (χ3n) is 5.23. The van der Waals surface area contributed by atoms with Crippen molar-refractivity contribution in [2.24, 2.45) is 0 Å². The number of ether oxygens (including phenoxy) is 1. The summed E-state index contributed by atoms with van der Waals surface area (Å²) >= 11 is 6.50. The molecule has 2 rings (SSSR count). The molecule has 0 unspecified atom stereocenters. The lowest BCUT2D eigenvalue weighted by molar-refractivity contribution is 0.148. The van der Waals surface area contributed by atoms with E-state index >= 15 is 0 Å². The fourth-order valence-electron chi connectivity index (χ4n) is 3.55. The first kappa shape index (κ1) is 30.0. The lowest BCUT2D eigenvalue weighted by Gasteiger charge is -2.22. The standard InChI is InChI=1S/C23H36ClN3O.C2H6.C2H2/c1-4-19(14-15-25-6-3)23(21(24)5-2)27-17-18-12-13-22(26-16-18)28-20-10-8-7-9-11-20;2*1-2/h5,12-13,16,20,25,27H,4,6-11,14-15,17H2,1-3H3;1-2H3;1-2H/b21-5+,23-19-;;. The number of halogens is 1.